The monoisotopic (exact) mass is 154 g/mol. The molecule has 62 valence electrons. The summed E-state index contributed by atoms with van der Waals surface area (Å²) in [6.07, 6.45) is 7.77. The van der Waals surface area contributed by atoms with Crippen molar-refractivity contribution in [3.63, 3.8) is 0 Å². The second-order valence-corrected chi connectivity index (χ2v) is 3.60. The van der Waals surface area contributed by atoms with Gasteiger partial charge in [-0.05, 0) is 18.8 Å². The average molecular weight is 154 g/mol. The summed E-state index contributed by atoms with van der Waals surface area (Å²) in [4.78, 5) is 10.3. The van der Waals surface area contributed by atoms with Crippen LogP contribution in [0.1, 0.15) is 32.1 Å². The van der Waals surface area contributed by atoms with Gasteiger partial charge in [0.1, 0.15) is 6.10 Å². The topological polar surface area (TPSA) is 29.6 Å². The van der Waals surface area contributed by atoms with Crippen molar-refractivity contribution in [2.45, 2.75) is 44.3 Å². The maximum Gasteiger partial charge on any atom is 0.151 e. The Morgan fingerprint density at radius 3 is 2.45 bits per heavy atom. The van der Waals surface area contributed by atoms with Gasteiger partial charge in [-0.1, -0.05) is 19.3 Å². The first-order chi connectivity index (χ1) is 5.42. The van der Waals surface area contributed by atoms with E-state index in [4.69, 9.17) is 4.74 Å². The van der Waals surface area contributed by atoms with Crippen LogP contribution < -0.4 is 0 Å². The van der Waals surface area contributed by atoms with E-state index in [1.54, 1.807) is 0 Å². The maximum absolute atomic E-state index is 10.3. The van der Waals surface area contributed by atoms with Crippen molar-refractivity contribution >= 4 is 6.29 Å². The SMILES string of the molecule is O=C[C@@H]1O[C@H]1C1CCCCC1. The molecule has 2 aliphatic rings. The number of hydrogen-bond donors (Lipinski definition) is 0. The van der Waals surface area contributed by atoms with E-state index >= 15 is 0 Å². The third-order valence-corrected chi connectivity index (χ3v) is 2.81. The smallest absolute Gasteiger partial charge is 0.151 e. The lowest BCUT2D eigenvalue weighted by atomic mass is 9.86. The molecule has 0 aromatic heterocycles. The Bertz CT molecular complexity index is 150. The summed E-state index contributed by atoms with van der Waals surface area (Å²) in [5.41, 5.74) is 0. The lowest BCUT2D eigenvalue weighted by molar-refractivity contribution is -0.108. The van der Waals surface area contributed by atoms with E-state index in [-0.39, 0.29) is 6.10 Å². The van der Waals surface area contributed by atoms with Gasteiger partial charge in [-0.25, -0.2) is 0 Å². The lowest BCUT2D eigenvalue weighted by Crippen LogP contribution is -2.14. The standard InChI is InChI=1S/C9H14O2/c10-6-8-9(11-8)7-4-2-1-3-5-7/h6-9H,1-5H2/t8-,9-/m0/s1. The van der Waals surface area contributed by atoms with Crippen LogP contribution in [0.2, 0.25) is 0 Å². The predicted octanol–water partition coefficient (Wildman–Crippen LogP) is 1.53. The Morgan fingerprint density at radius 2 is 1.91 bits per heavy atom. The second-order valence-electron chi connectivity index (χ2n) is 3.60. The Hall–Kier alpha value is -0.370. The largest absolute Gasteiger partial charge is 0.361 e. The zero-order valence-electron chi connectivity index (χ0n) is 6.66. The highest BCUT2D eigenvalue weighted by molar-refractivity contribution is 5.60. The molecule has 1 aliphatic carbocycles. The molecule has 1 heterocycles. The highest BCUT2D eigenvalue weighted by Gasteiger charge is 2.44. The Kier molecular flexibility index (Phi) is 1.95. The van der Waals surface area contributed by atoms with E-state index in [1.165, 1.54) is 32.1 Å². The van der Waals surface area contributed by atoms with Gasteiger partial charge >= 0.3 is 0 Å². The van der Waals surface area contributed by atoms with E-state index in [0.717, 1.165) is 6.29 Å². The molecule has 2 nitrogen and oxygen atoms in total. The minimum atomic E-state index is -0.0434. The minimum absolute atomic E-state index is 0.0434. The van der Waals surface area contributed by atoms with E-state index in [2.05, 4.69) is 0 Å². The summed E-state index contributed by atoms with van der Waals surface area (Å²) in [6.45, 7) is 0. The van der Waals surface area contributed by atoms with Gasteiger partial charge in [0.15, 0.2) is 6.29 Å². The average Bonchev–Trinajstić information content (AvgIpc) is 2.85. The van der Waals surface area contributed by atoms with Crippen LogP contribution in [0.3, 0.4) is 0 Å². The molecule has 2 heteroatoms. The molecule has 0 N–H and O–H groups in total. The summed E-state index contributed by atoms with van der Waals surface area (Å²) in [5, 5.41) is 0. The summed E-state index contributed by atoms with van der Waals surface area (Å²) in [5.74, 6) is 0.693. The predicted molar refractivity (Wildman–Crippen MR) is 41.3 cm³/mol. The first kappa shape index (κ1) is 7.29. The lowest BCUT2D eigenvalue weighted by Gasteiger charge is -2.18. The number of carbonyl (C=O) groups is 1. The quantitative estimate of drug-likeness (QED) is 0.446. The molecule has 0 radical (unpaired) electrons. The molecule has 0 bridgehead atoms. The summed E-state index contributed by atoms with van der Waals surface area (Å²) >= 11 is 0. The molecule has 0 spiro atoms. The van der Waals surface area contributed by atoms with Gasteiger partial charge in [0.25, 0.3) is 0 Å². The van der Waals surface area contributed by atoms with Gasteiger partial charge in [-0.15, -0.1) is 0 Å². The fourth-order valence-corrected chi connectivity index (χ4v) is 2.09. The molecule has 11 heavy (non-hydrogen) atoms. The zero-order chi connectivity index (χ0) is 7.68. The van der Waals surface area contributed by atoms with Crippen LogP contribution >= 0.6 is 0 Å². The third kappa shape index (κ3) is 1.45. The van der Waals surface area contributed by atoms with Gasteiger partial charge in [0.05, 0.1) is 6.10 Å². The van der Waals surface area contributed by atoms with Crippen LogP contribution in [0.15, 0.2) is 0 Å². The third-order valence-electron chi connectivity index (χ3n) is 2.81. The number of carbonyl (C=O) groups excluding carboxylic acids is 1. The maximum atomic E-state index is 10.3. The van der Waals surface area contributed by atoms with Crippen LogP contribution in [0.4, 0.5) is 0 Å². The van der Waals surface area contributed by atoms with Crippen molar-refractivity contribution in [3.8, 4) is 0 Å². The molecular weight excluding hydrogens is 140 g/mol. The van der Waals surface area contributed by atoms with Crippen LogP contribution in [-0.2, 0) is 9.53 Å². The Balaban J connectivity index is 1.81. The van der Waals surface area contributed by atoms with Crippen LogP contribution in [0, 0.1) is 5.92 Å². The fourth-order valence-electron chi connectivity index (χ4n) is 2.09. The van der Waals surface area contributed by atoms with E-state index in [1.807, 2.05) is 0 Å². The second kappa shape index (κ2) is 2.94. The van der Waals surface area contributed by atoms with E-state index in [9.17, 15) is 4.79 Å². The van der Waals surface area contributed by atoms with Crippen LogP contribution in [0.5, 0.6) is 0 Å². The van der Waals surface area contributed by atoms with Crippen molar-refractivity contribution in [1.29, 1.82) is 0 Å². The van der Waals surface area contributed by atoms with Gasteiger partial charge in [-0.3, -0.25) is 0 Å². The zero-order valence-corrected chi connectivity index (χ0v) is 6.66. The first-order valence-corrected chi connectivity index (χ1v) is 4.52. The van der Waals surface area contributed by atoms with Crippen molar-refractivity contribution < 1.29 is 9.53 Å². The Labute approximate surface area is 66.9 Å². The molecule has 2 fully saturated rings. The molecule has 2 rings (SSSR count). The summed E-state index contributed by atoms with van der Waals surface area (Å²) in [6, 6.07) is 0. The van der Waals surface area contributed by atoms with Gasteiger partial charge in [0.2, 0.25) is 0 Å². The van der Waals surface area contributed by atoms with Crippen molar-refractivity contribution in [1.82, 2.24) is 0 Å². The van der Waals surface area contributed by atoms with Gasteiger partial charge in [0, 0.05) is 0 Å². The molecule has 0 unspecified atom stereocenters. The highest BCUT2D eigenvalue weighted by atomic mass is 16.6. The number of epoxide rings is 1. The molecule has 0 amide bonds. The van der Waals surface area contributed by atoms with Crippen molar-refractivity contribution in [2.75, 3.05) is 0 Å². The molecular formula is C9H14O2. The van der Waals surface area contributed by atoms with E-state index in [0.29, 0.717) is 12.0 Å². The highest BCUT2D eigenvalue weighted by Crippen LogP contribution is 2.37. The first-order valence-electron chi connectivity index (χ1n) is 4.52. The number of hydrogen-bond acceptors (Lipinski definition) is 2. The van der Waals surface area contributed by atoms with Crippen LogP contribution in [-0.4, -0.2) is 18.5 Å². The molecule has 2 atom stereocenters. The normalized spacial score (nSPS) is 38.5. The molecule has 0 aromatic carbocycles. The van der Waals surface area contributed by atoms with Gasteiger partial charge < -0.3 is 9.53 Å². The summed E-state index contributed by atoms with van der Waals surface area (Å²) in [7, 11) is 0. The molecule has 1 saturated carbocycles. The number of aldehydes is 1. The van der Waals surface area contributed by atoms with Crippen molar-refractivity contribution in [2.24, 2.45) is 5.92 Å². The number of ether oxygens (including phenoxy) is 1. The van der Waals surface area contributed by atoms with Crippen LogP contribution in [0.25, 0.3) is 0 Å². The fraction of sp³-hybridized carbons (Fsp3) is 0.889. The molecule has 1 aliphatic heterocycles. The Morgan fingerprint density at radius 1 is 1.18 bits per heavy atom. The molecule has 1 saturated heterocycles. The molecule has 0 aromatic rings. The van der Waals surface area contributed by atoms with Crippen molar-refractivity contribution in [3.05, 3.63) is 0 Å². The number of rotatable bonds is 2. The summed E-state index contributed by atoms with van der Waals surface area (Å²) < 4.78 is 5.24. The van der Waals surface area contributed by atoms with E-state index < -0.39 is 0 Å². The van der Waals surface area contributed by atoms with Gasteiger partial charge in [-0.2, -0.15) is 0 Å². The minimum Gasteiger partial charge on any atom is -0.361 e.